The molecule has 0 aromatic heterocycles. The van der Waals surface area contributed by atoms with Crippen molar-refractivity contribution in [1.29, 1.82) is 0 Å². The van der Waals surface area contributed by atoms with E-state index in [9.17, 15) is 19.5 Å². The summed E-state index contributed by atoms with van der Waals surface area (Å²) in [5.74, 6) is -1.11. The fourth-order valence-corrected chi connectivity index (χ4v) is 4.73. The molecule has 1 saturated heterocycles. The molecular weight excluding hydrogens is 410 g/mol. The summed E-state index contributed by atoms with van der Waals surface area (Å²) in [4.78, 5) is 37.0. The maximum atomic E-state index is 12.5. The van der Waals surface area contributed by atoms with Crippen LogP contribution in [0, 0.1) is 5.92 Å². The van der Waals surface area contributed by atoms with Crippen molar-refractivity contribution in [2.24, 2.45) is 11.7 Å². The average molecular weight is 437 g/mol. The molecule has 2 aliphatic rings. The second-order valence-corrected chi connectivity index (χ2v) is 8.37. The minimum absolute atomic E-state index is 0.0839. The SMILES string of the molecule is NC(=O)N1CCC(C[C@H](NC(=O)OCC2c3ccccc3-c3ccccc32)C(=O)O)CC1. The normalized spacial score (nSPS) is 16.7. The molecule has 1 aliphatic carbocycles. The molecule has 3 amide bonds. The minimum Gasteiger partial charge on any atom is -0.480 e. The highest BCUT2D eigenvalue weighted by Crippen LogP contribution is 2.44. The number of aliphatic carboxylic acids is 1. The number of nitrogens with zero attached hydrogens (tertiary/aromatic N) is 1. The first-order valence-electron chi connectivity index (χ1n) is 10.8. The van der Waals surface area contributed by atoms with E-state index in [2.05, 4.69) is 17.4 Å². The number of carbonyl (C=O) groups is 3. The van der Waals surface area contributed by atoms with Crippen molar-refractivity contribution in [3.63, 3.8) is 0 Å². The lowest BCUT2D eigenvalue weighted by molar-refractivity contribution is -0.140. The Morgan fingerprint density at radius 3 is 2.12 bits per heavy atom. The van der Waals surface area contributed by atoms with Crippen LogP contribution in [0.15, 0.2) is 48.5 Å². The van der Waals surface area contributed by atoms with Crippen LogP contribution in [0.3, 0.4) is 0 Å². The zero-order valence-electron chi connectivity index (χ0n) is 17.7. The number of urea groups is 1. The fourth-order valence-electron chi connectivity index (χ4n) is 4.73. The second-order valence-electron chi connectivity index (χ2n) is 8.37. The Morgan fingerprint density at radius 1 is 1.03 bits per heavy atom. The number of carboxylic acid groups (broad SMARTS) is 1. The van der Waals surface area contributed by atoms with Gasteiger partial charge in [0.1, 0.15) is 12.6 Å². The molecule has 4 N–H and O–H groups in total. The Balaban J connectivity index is 1.35. The first-order chi connectivity index (χ1) is 15.4. The lowest BCUT2D eigenvalue weighted by atomic mass is 9.90. The van der Waals surface area contributed by atoms with Crippen LogP contribution in [0.4, 0.5) is 9.59 Å². The van der Waals surface area contributed by atoms with E-state index in [0.717, 1.165) is 22.3 Å². The number of carboxylic acids is 1. The van der Waals surface area contributed by atoms with Crippen molar-refractivity contribution in [3.8, 4) is 11.1 Å². The molecule has 0 bridgehead atoms. The van der Waals surface area contributed by atoms with Gasteiger partial charge in [-0.25, -0.2) is 14.4 Å². The lowest BCUT2D eigenvalue weighted by Crippen LogP contribution is -2.45. The van der Waals surface area contributed by atoms with Gasteiger partial charge in [0.2, 0.25) is 0 Å². The van der Waals surface area contributed by atoms with E-state index in [1.165, 1.54) is 0 Å². The van der Waals surface area contributed by atoms with Crippen molar-refractivity contribution in [2.45, 2.75) is 31.2 Å². The number of piperidine rings is 1. The molecule has 0 unspecified atom stereocenters. The van der Waals surface area contributed by atoms with Gasteiger partial charge in [-0.15, -0.1) is 0 Å². The highest BCUT2D eigenvalue weighted by atomic mass is 16.5. The largest absolute Gasteiger partial charge is 0.480 e. The zero-order valence-corrected chi connectivity index (χ0v) is 17.7. The molecule has 1 atom stereocenters. The molecule has 2 aromatic rings. The smallest absolute Gasteiger partial charge is 0.407 e. The van der Waals surface area contributed by atoms with E-state index in [-0.39, 0.29) is 24.9 Å². The molecule has 168 valence electrons. The predicted octanol–water partition coefficient (Wildman–Crippen LogP) is 3.16. The molecule has 0 spiro atoms. The van der Waals surface area contributed by atoms with Crippen LogP contribution < -0.4 is 11.1 Å². The van der Waals surface area contributed by atoms with Crippen molar-refractivity contribution >= 4 is 18.1 Å². The molecule has 2 aromatic carbocycles. The molecule has 1 fully saturated rings. The van der Waals surface area contributed by atoms with Crippen LogP contribution in [0.1, 0.15) is 36.3 Å². The summed E-state index contributed by atoms with van der Waals surface area (Å²) in [6.07, 6.45) is 0.846. The second kappa shape index (κ2) is 9.30. The van der Waals surface area contributed by atoms with Crippen LogP contribution in [-0.4, -0.2) is 53.8 Å². The average Bonchev–Trinajstić information content (AvgIpc) is 3.11. The maximum absolute atomic E-state index is 12.5. The maximum Gasteiger partial charge on any atom is 0.407 e. The number of nitrogens with two attached hydrogens (primary N) is 1. The van der Waals surface area contributed by atoms with E-state index in [0.29, 0.717) is 25.9 Å². The number of alkyl carbamates (subject to hydrolysis) is 1. The fraction of sp³-hybridized carbons (Fsp3) is 0.375. The summed E-state index contributed by atoms with van der Waals surface area (Å²) in [6.45, 7) is 1.12. The summed E-state index contributed by atoms with van der Waals surface area (Å²) in [5.41, 5.74) is 9.74. The number of rotatable bonds is 6. The third-order valence-electron chi connectivity index (χ3n) is 6.43. The zero-order chi connectivity index (χ0) is 22.7. The summed E-state index contributed by atoms with van der Waals surface area (Å²) in [6, 6.07) is 14.5. The Morgan fingerprint density at radius 2 is 1.59 bits per heavy atom. The summed E-state index contributed by atoms with van der Waals surface area (Å²) >= 11 is 0. The van der Waals surface area contributed by atoms with Crippen molar-refractivity contribution in [1.82, 2.24) is 10.2 Å². The first-order valence-corrected chi connectivity index (χ1v) is 10.8. The monoisotopic (exact) mass is 437 g/mol. The molecule has 8 nitrogen and oxygen atoms in total. The molecule has 1 heterocycles. The standard InChI is InChI=1S/C24H27N3O5/c25-23(30)27-11-9-15(10-12-27)13-21(22(28)29)26-24(31)32-14-20-18-7-3-1-5-16(18)17-6-2-4-8-19(17)20/h1-8,15,20-21H,9-14H2,(H2,25,30)(H,26,31)(H,28,29)/t21-/m0/s1. The Bertz CT molecular complexity index is 971. The number of hydrogen-bond donors (Lipinski definition) is 3. The van der Waals surface area contributed by atoms with Crippen LogP contribution in [0.2, 0.25) is 0 Å². The van der Waals surface area contributed by atoms with Crippen LogP contribution in [0.5, 0.6) is 0 Å². The van der Waals surface area contributed by atoms with E-state index in [1.807, 2.05) is 36.4 Å². The Labute approximate surface area is 186 Å². The number of likely N-dealkylation sites (tertiary alicyclic amines) is 1. The van der Waals surface area contributed by atoms with Gasteiger partial charge in [0, 0.05) is 19.0 Å². The van der Waals surface area contributed by atoms with E-state index >= 15 is 0 Å². The van der Waals surface area contributed by atoms with Gasteiger partial charge in [0.25, 0.3) is 0 Å². The van der Waals surface area contributed by atoms with Gasteiger partial charge < -0.3 is 25.8 Å². The van der Waals surface area contributed by atoms with Crippen molar-refractivity contribution in [3.05, 3.63) is 59.7 Å². The van der Waals surface area contributed by atoms with E-state index < -0.39 is 24.1 Å². The summed E-state index contributed by atoms with van der Waals surface area (Å²) in [5, 5.41) is 12.1. The van der Waals surface area contributed by atoms with Gasteiger partial charge >= 0.3 is 18.1 Å². The van der Waals surface area contributed by atoms with Gasteiger partial charge in [-0.3, -0.25) is 0 Å². The van der Waals surface area contributed by atoms with Gasteiger partial charge in [-0.05, 0) is 47.4 Å². The Hall–Kier alpha value is -3.55. The van der Waals surface area contributed by atoms with Crippen molar-refractivity contribution in [2.75, 3.05) is 19.7 Å². The third-order valence-corrected chi connectivity index (χ3v) is 6.43. The number of fused-ring (bicyclic) bond motifs is 3. The van der Waals surface area contributed by atoms with Crippen LogP contribution in [0.25, 0.3) is 11.1 Å². The predicted molar refractivity (Wildman–Crippen MR) is 118 cm³/mol. The summed E-state index contributed by atoms with van der Waals surface area (Å²) < 4.78 is 5.48. The summed E-state index contributed by atoms with van der Waals surface area (Å²) in [7, 11) is 0. The Kier molecular flexibility index (Phi) is 6.30. The highest BCUT2D eigenvalue weighted by molar-refractivity contribution is 5.81. The van der Waals surface area contributed by atoms with E-state index in [4.69, 9.17) is 10.5 Å². The van der Waals surface area contributed by atoms with E-state index in [1.54, 1.807) is 4.90 Å². The molecule has 32 heavy (non-hydrogen) atoms. The molecule has 8 heteroatoms. The highest BCUT2D eigenvalue weighted by Gasteiger charge is 2.31. The number of hydrogen-bond acceptors (Lipinski definition) is 4. The number of benzene rings is 2. The third kappa shape index (κ3) is 4.54. The van der Waals surface area contributed by atoms with Crippen LogP contribution in [-0.2, 0) is 9.53 Å². The molecule has 0 saturated carbocycles. The molecule has 4 rings (SSSR count). The molecule has 0 radical (unpaired) electrons. The quantitative estimate of drug-likeness (QED) is 0.641. The molecule has 1 aliphatic heterocycles. The van der Waals surface area contributed by atoms with Crippen LogP contribution >= 0.6 is 0 Å². The number of carbonyl (C=O) groups excluding carboxylic acids is 2. The molecular formula is C24H27N3O5. The lowest BCUT2D eigenvalue weighted by Gasteiger charge is -2.32. The van der Waals surface area contributed by atoms with Gasteiger partial charge in [0.05, 0.1) is 0 Å². The number of primary amides is 1. The van der Waals surface area contributed by atoms with Gasteiger partial charge in [-0.2, -0.15) is 0 Å². The number of ether oxygens (including phenoxy) is 1. The van der Waals surface area contributed by atoms with Gasteiger partial charge in [0.15, 0.2) is 0 Å². The number of amides is 3. The first kappa shape index (κ1) is 21.7. The van der Waals surface area contributed by atoms with Crippen molar-refractivity contribution < 1.29 is 24.2 Å². The number of nitrogens with one attached hydrogen (secondary N) is 1. The van der Waals surface area contributed by atoms with Gasteiger partial charge in [-0.1, -0.05) is 48.5 Å². The topological polar surface area (TPSA) is 122 Å². The minimum atomic E-state index is -1.10.